The lowest BCUT2D eigenvalue weighted by Crippen LogP contribution is -2.43. The number of allylic oxidation sites excluding steroid dienone is 6. The van der Waals surface area contributed by atoms with Crippen LogP contribution < -0.4 is 16.0 Å². The van der Waals surface area contributed by atoms with Crippen molar-refractivity contribution in [2.24, 2.45) is 15.9 Å². The Morgan fingerprint density at radius 3 is 2.87 bits per heavy atom. The Bertz CT molecular complexity index is 808. The van der Waals surface area contributed by atoms with Crippen LogP contribution in [0.15, 0.2) is 70.2 Å². The minimum Gasteiger partial charge on any atom is -0.372 e. The van der Waals surface area contributed by atoms with Gasteiger partial charge < -0.3 is 16.0 Å². The number of halogens is 3. The van der Waals surface area contributed by atoms with Crippen molar-refractivity contribution in [3.63, 3.8) is 0 Å². The fraction of sp³-hybridized carbons (Fsp3) is 0.478. The minimum atomic E-state index is -2.45. The highest BCUT2D eigenvalue weighted by atomic mass is 19.3. The third-order valence-electron chi connectivity index (χ3n) is 5.05. The van der Waals surface area contributed by atoms with Gasteiger partial charge in [-0.3, -0.25) is 4.99 Å². The molecule has 3 atom stereocenters. The van der Waals surface area contributed by atoms with E-state index in [4.69, 9.17) is 0 Å². The molecule has 3 unspecified atom stereocenters. The number of fused-ring (bicyclic) bond motifs is 1. The summed E-state index contributed by atoms with van der Waals surface area (Å²) in [5, 5.41) is 9.11. The van der Waals surface area contributed by atoms with Crippen LogP contribution in [0.5, 0.6) is 0 Å². The zero-order valence-electron chi connectivity index (χ0n) is 18.3. The van der Waals surface area contributed by atoms with Gasteiger partial charge in [0.1, 0.15) is 12.5 Å². The predicted octanol–water partition coefficient (Wildman–Crippen LogP) is 4.75. The number of aliphatic imine (C=N–C) groups is 2. The molecule has 0 radical (unpaired) electrons. The van der Waals surface area contributed by atoms with E-state index >= 15 is 4.39 Å². The zero-order valence-corrected chi connectivity index (χ0v) is 18.3. The summed E-state index contributed by atoms with van der Waals surface area (Å²) < 4.78 is 41.0. The van der Waals surface area contributed by atoms with Crippen molar-refractivity contribution in [3.8, 4) is 0 Å². The van der Waals surface area contributed by atoms with Gasteiger partial charge in [0.05, 0.1) is 17.8 Å². The SMILES string of the molecule is C=C(CC)N/C(=N\CN/C=C/C)NC1C=CC2=CCC(C)C(CC(F)F)N=C2C=C1F. The molecule has 31 heavy (non-hydrogen) atoms. The van der Waals surface area contributed by atoms with E-state index in [0.29, 0.717) is 31.2 Å². The first-order valence-electron chi connectivity index (χ1n) is 10.6. The second-order valence-electron chi connectivity index (χ2n) is 7.54. The molecular weight excluding hydrogens is 403 g/mol. The van der Waals surface area contributed by atoms with Gasteiger partial charge in [-0.05, 0) is 43.5 Å². The molecule has 0 fully saturated rings. The van der Waals surface area contributed by atoms with Crippen LogP contribution in [0.1, 0.15) is 40.0 Å². The van der Waals surface area contributed by atoms with Crippen LogP contribution in [-0.4, -0.2) is 36.8 Å². The number of hydrogen-bond acceptors (Lipinski definition) is 3. The Balaban J connectivity index is 2.25. The Kier molecular flexibility index (Phi) is 9.62. The first kappa shape index (κ1) is 24.5. The van der Waals surface area contributed by atoms with Crippen molar-refractivity contribution in [2.75, 3.05) is 6.67 Å². The molecule has 0 saturated heterocycles. The third kappa shape index (κ3) is 7.77. The second-order valence-corrected chi connectivity index (χ2v) is 7.54. The maximum absolute atomic E-state index is 15.1. The predicted molar refractivity (Wildman–Crippen MR) is 122 cm³/mol. The molecule has 8 heteroatoms. The van der Waals surface area contributed by atoms with Gasteiger partial charge in [0.25, 0.3) is 0 Å². The van der Waals surface area contributed by atoms with E-state index in [1.165, 1.54) is 6.08 Å². The smallest absolute Gasteiger partial charge is 0.240 e. The molecule has 1 aliphatic heterocycles. The van der Waals surface area contributed by atoms with E-state index < -0.39 is 24.3 Å². The fourth-order valence-electron chi connectivity index (χ4n) is 3.15. The molecule has 170 valence electrons. The highest BCUT2D eigenvalue weighted by Gasteiger charge is 2.26. The lowest BCUT2D eigenvalue weighted by atomic mass is 9.96. The molecule has 1 aliphatic carbocycles. The number of alkyl halides is 2. The summed E-state index contributed by atoms with van der Waals surface area (Å²) in [5.74, 6) is -0.126. The summed E-state index contributed by atoms with van der Waals surface area (Å²) in [5.41, 5.74) is 1.87. The molecule has 5 nitrogen and oxygen atoms in total. The van der Waals surface area contributed by atoms with E-state index in [1.807, 2.05) is 32.9 Å². The summed E-state index contributed by atoms with van der Waals surface area (Å²) in [6, 6.07) is -1.32. The molecule has 1 heterocycles. The quantitative estimate of drug-likeness (QED) is 0.293. The number of nitrogens with zero attached hydrogens (tertiary/aromatic N) is 2. The summed E-state index contributed by atoms with van der Waals surface area (Å²) in [4.78, 5) is 8.85. The summed E-state index contributed by atoms with van der Waals surface area (Å²) in [6.07, 6.45) is 8.85. The fourth-order valence-corrected chi connectivity index (χ4v) is 3.15. The van der Waals surface area contributed by atoms with Crippen molar-refractivity contribution in [1.29, 1.82) is 0 Å². The van der Waals surface area contributed by atoms with E-state index in [0.717, 1.165) is 11.3 Å². The maximum Gasteiger partial charge on any atom is 0.240 e. The van der Waals surface area contributed by atoms with E-state index in [2.05, 4.69) is 32.5 Å². The van der Waals surface area contributed by atoms with Gasteiger partial charge in [-0.2, -0.15) is 0 Å². The summed E-state index contributed by atoms with van der Waals surface area (Å²) in [6.45, 7) is 9.94. The van der Waals surface area contributed by atoms with Crippen molar-refractivity contribution >= 4 is 11.7 Å². The number of rotatable bonds is 8. The maximum atomic E-state index is 15.1. The highest BCUT2D eigenvalue weighted by Crippen LogP contribution is 2.27. The van der Waals surface area contributed by atoms with E-state index in [9.17, 15) is 8.78 Å². The number of guanidine groups is 1. The Labute approximate surface area is 182 Å². The molecule has 2 rings (SSSR count). The van der Waals surface area contributed by atoms with Gasteiger partial charge in [0, 0.05) is 12.1 Å². The Morgan fingerprint density at radius 2 is 2.19 bits per heavy atom. The number of hydrogen-bond donors (Lipinski definition) is 3. The molecular formula is C23H32F3N5. The van der Waals surface area contributed by atoms with Crippen molar-refractivity contribution in [2.45, 2.75) is 58.5 Å². The molecule has 0 aromatic rings. The Morgan fingerprint density at radius 1 is 1.42 bits per heavy atom. The van der Waals surface area contributed by atoms with Gasteiger partial charge >= 0.3 is 0 Å². The van der Waals surface area contributed by atoms with Crippen LogP contribution in [0.25, 0.3) is 0 Å². The molecule has 0 saturated carbocycles. The molecule has 2 aliphatic rings. The van der Waals surface area contributed by atoms with Gasteiger partial charge in [0.15, 0.2) is 5.96 Å². The van der Waals surface area contributed by atoms with Crippen LogP contribution in [0.4, 0.5) is 13.2 Å². The number of nitrogens with one attached hydrogen (secondary N) is 3. The normalized spacial score (nSPS) is 24.0. The third-order valence-corrected chi connectivity index (χ3v) is 5.05. The van der Waals surface area contributed by atoms with E-state index in [1.54, 1.807) is 18.4 Å². The monoisotopic (exact) mass is 435 g/mol. The van der Waals surface area contributed by atoms with Crippen molar-refractivity contribution in [1.82, 2.24) is 16.0 Å². The summed E-state index contributed by atoms with van der Waals surface area (Å²) in [7, 11) is 0. The van der Waals surface area contributed by atoms with Crippen LogP contribution in [0.2, 0.25) is 0 Å². The average Bonchev–Trinajstić information content (AvgIpc) is 2.95. The average molecular weight is 436 g/mol. The first-order chi connectivity index (χ1) is 14.8. The lowest BCUT2D eigenvalue weighted by molar-refractivity contribution is 0.120. The van der Waals surface area contributed by atoms with Crippen LogP contribution in [-0.2, 0) is 0 Å². The van der Waals surface area contributed by atoms with Crippen LogP contribution >= 0.6 is 0 Å². The van der Waals surface area contributed by atoms with Gasteiger partial charge in [0.2, 0.25) is 6.43 Å². The van der Waals surface area contributed by atoms with E-state index in [-0.39, 0.29) is 12.3 Å². The van der Waals surface area contributed by atoms with Crippen LogP contribution in [0.3, 0.4) is 0 Å². The standard InChI is InChI=1S/C23H32F3N5/c1-5-11-27-14-28-23(29-16(4)6-2)31-19-10-9-17-8-7-15(3)20(13-22(25)26)30-21(17)12-18(19)24/h5,8-12,15,19-20,22,27H,4,6-7,13-14H2,1-3H3,(H2,28,29,31)/b11-5+. The summed E-state index contributed by atoms with van der Waals surface area (Å²) >= 11 is 0. The van der Waals surface area contributed by atoms with Gasteiger partial charge in [-0.15, -0.1) is 0 Å². The largest absolute Gasteiger partial charge is 0.372 e. The van der Waals surface area contributed by atoms with Crippen LogP contribution in [0, 0.1) is 5.92 Å². The Hall–Kier alpha value is -2.77. The lowest BCUT2D eigenvalue weighted by Gasteiger charge is -2.19. The first-order valence-corrected chi connectivity index (χ1v) is 10.6. The molecule has 3 N–H and O–H groups in total. The molecule has 0 bridgehead atoms. The molecule has 0 spiro atoms. The molecule has 0 amide bonds. The molecule has 0 aromatic carbocycles. The van der Waals surface area contributed by atoms with Gasteiger partial charge in [-0.25, -0.2) is 18.2 Å². The topological polar surface area (TPSA) is 60.8 Å². The van der Waals surface area contributed by atoms with Crippen molar-refractivity contribution < 1.29 is 13.2 Å². The highest BCUT2D eigenvalue weighted by molar-refractivity contribution is 6.11. The second kappa shape index (κ2) is 12.2. The molecule has 0 aromatic heterocycles. The van der Waals surface area contributed by atoms with Crippen molar-refractivity contribution in [3.05, 3.63) is 60.3 Å². The van der Waals surface area contributed by atoms with Gasteiger partial charge in [-0.1, -0.05) is 44.7 Å². The minimum absolute atomic E-state index is 0.0348. The zero-order chi connectivity index (χ0) is 22.8.